The van der Waals surface area contributed by atoms with E-state index in [4.69, 9.17) is 5.11 Å². The van der Waals surface area contributed by atoms with Crippen molar-refractivity contribution >= 4 is 44.8 Å². The van der Waals surface area contributed by atoms with Crippen LogP contribution >= 0.6 is 23.8 Å². The highest BCUT2D eigenvalue weighted by atomic mass is 32.1. The summed E-state index contributed by atoms with van der Waals surface area (Å²) in [4.78, 5) is 0. The van der Waals surface area contributed by atoms with Gasteiger partial charge in [0.15, 0.2) is 0 Å². The molecule has 1 aromatic heterocycles. The highest BCUT2D eigenvalue weighted by Crippen LogP contribution is 2.24. The predicted octanol–water partition coefficient (Wildman–Crippen LogP) is 1.95. The maximum atomic E-state index is 8.89. The van der Waals surface area contributed by atoms with Crippen LogP contribution in [0.2, 0.25) is 0 Å². The molecule has 0 bridgehead atoms. The standard InChI is InChI=1S/C7H5N3OS2/c11-7(12)8-4-2-1-3-5-6(4)13-10-9-5/h1-3H,(H2,8,11,12). The number of aromatic nitrogens is 2. The van der Waals surface area contributed by atoms with Gasteiger partial charge in [-0.15, -0.1) is 5.10 Å². The van der Waals surface area contributed by atoms with Gasteiger partial charge in [-0.25, -0.2) is 0 Å². The minimum atomic E-state index is -0.249. The Hall–Kier alpha value is -1.27. The molecule has 2 aromatic rings. The molecule has 0 amide bonds. The van der Waals surface area contributed by atoms with Gasteiger partial charge < -0.3 is 10.4 Å². The lowest BCUT2D eigenvalue weighted by Gasteiger charge is -2.01. The van der Waals surface area contributed by atoms with Crippen molar-refractivity contribution < 1.29 is 5.11 Å². The van der Waals surface area contributed by atoms with Crippen LogP contribution in [0.1, 0.15) is 0 Å². The first-order chi connectivity index (χ1) is 6.27. The smallest absolute Gasteiger partial charge is 0.258 e. The van der Waals surface area contributed by atoms with Crippen molar-refractivity contribution in [1.82, 2.24) is 9.59 Å². The van der Waals surface area contributed by atoms with Crippen molar-refractivity contribution in [2.45, 2.75) is 0 Å². The minimum absolute atomic E-state index is 0.249. The van der Waals surface area contributed by atoms with Gasteiger partial charge in [0.2, 0.25) is 0 Å². The molecule has 2 N–H and O–H groups in total. The molecule has 1 heterocycles. The van der Waals surface area contributed by atoms with Crippen molar-refractivity contribution in [1.29, 1.82) is 0 Å². The van der Waals surface area contributed by atoms with Crippen LogP contribution < -0.4 is 5.32 Å². The number of hydrogen-bond acceptors (Lipinski definition) is 4. The fraction of sp³-hybridized carbons (Fsp3) is 0. The average Bonchev–Trinajstić information content (AvgIpc) is 2.51. The fourth-order valence-corrected chi connectivity index (χ4v) is 1.76. The van der Waals surface area contributed by atoms with Crippen molar-refractivity contribution in [3.63, 3.8) is 0 Å². The molecule has 0 saturated heterocycles. The molecule has 4 nitrogen and oxygen atoms in total. The monoisotopic (exact) mass is 211 g/mol. The third-order valence-corrected chi connectivity index (χ3v) is 2.39. The molecule has 13 heavy (non-hydrogen) atoms. The maximum absolute atomic E-state index is 8.89. The van der Waals surface area contributed by atoms with Gasteiger partial charge in [-0.3, -0.25) is 0 Å². The second-order valence-electron chi connectivity index (χ2n) is 2.36. The highest BCUT2D eigenvalue weighted by Gasteiger charge is 2.04. The van der Waals surface area contributed by atoms with Gasteiger partial charge in [0.05, 0.1) is 10.4 Å². The zero-order valence-electron chi connectivity index (χ0n) is 6.39. The lowest BCUT2D eigenvalue weighted by molar-refractivity contribution is 0.567. The molecule has 0 aliphatic carbocycles. The number of anilines is 1. The molecule has 0 radical (unpaired) electrons. The van der Waals surface area contributed by atoms with E-state index in [1.165, 1.54) is 11.5 Å². The van der Waals surface area contributed by atoms with Crippen LogP contribution in [0, 0.1) is 0 Å². The minimum Gasteiger partial charge on any atom is -0.486 e. The van der Waals surface area contributed by atoms with Crippen LogP contribution in [0.25, 0.3) is 10.2 Å². The highest BCUT2D eigenvalue weighted by molar-refractivity contribution is 7.80. The summed E-state index contributed by atoms with van der Waals surface area (Å²) in [6.45, 7) is 0. The number of aliphatic hydroxyl groups is 1. The number of benzene rings is 1. The van der Waals surface area contributed by atoms with Crippen LogP contribution in [0.4, 0.5) is 5.69 Å². The summed E-state index contributed by atoms with van der Waals surface area (Å²) >= 11 is 5.78. The van der Waals surface area contributed by atoms with Crippen LogP contribution in [-0.2, 0) is 0 Å². The number of thiocarbonyl (C=S) groups is 1. The zero-order chi connectivity index (χ0) is 9.26. The molecule has 0 fully saturated rings. The lowest BCUT2D eigenvalue weighted by atomic mass is 10.3. The molecular weight excluding hydrogens is 206 g/mol. The van der Waals surface area contributed by atoms with Crippen LogP contribution in [0.3, 0.4) is 0 Å². The average molecular weight is 211 g/mol. The van der Waals surface area contributed by atoms with E-state index in [1.807, 2.05) is 18.2 Å². The number of nitrogens with zero attached hydrogens (tertiary/aromatic N) is 2. The van der Waals surface area contributed by atoms with E-state index in [0.29, 0.717) is 0 Å². The quantitative estimate of drug-likeness (QED) is 0.706. The molecule has 0 atom stereocenters. The molecule has 0 saturated carbocycles. The van der Waals surface area contributed by atoms with E-state index in [1.54, 1.807) is 0 Å². The van der Waals surface area contributed by atoms with E-state index >= 15 is 0 Å². The second kappa shape index (κ2) is 3.23. The first-order valence-corrected chi connectivity index (χ1v) is 4.66. The summed E-state index contributed by atoms with van der Waals surface area (Å²) in [6, 6.07) is 5.49. The van der Waals surface area contributed by atoms with Crippen LogP contribution in [0.15, 0.2) is 18.2 Å². The Bertz CT molecular complexity index is 454. The van der Waals surface area contributed by atoms with Crippen molar-refractivity contribution in [3.05, 3.63) is 18.2 Å². The summed E-state index contributed by atoms with van der Waals surface area (Å²) in [5.41, 5.74) is 1.53. The molecule has 0 aliphatic rings. The lowest BCUT2D eigenvalue weighted by Crippen LogP contribution is -2.06. The fourth-order valence-electron chi connectivity index (χ4n) is 1.02. The molecule has 66 valence electrons. The Kier molecular flexibility index (Phi) is 2.07. The summed E-state index contributed by atoms with van der Waals surface area (Å²) in [7, 11) is 0. The van der Waals surface area contributed by atoms with Crippen LogP contribution in [0.5, 0.6) is 0 Å². The third-order valence-electron chi connectivity index (χ3n) is 1.52. The number of aliphatic hydroxyl groups excluding tert-OH is 1. The molecular formula is C7H5N3OS2. The third kappa shape index (κ3) is 1.58. The number of nitrogens with one attached hydrogen (secondary N) is 1. The van der Waals surface area contributed by atoms with Gasteiger partial charge in [-0.2, -0.15) is 0 Å². The number of rotatable bonds is 1. The molecule has 0 unspecified atom stereocenters. The van der Waals surface area contributed by atoms with E-state index in [9.17, 15) is 0 Å². The van der Waals surface area contributed by atoms with Crippen molar-refractivity contribution in [2.24, 2.45) is 0 Å². The van der Waals surface area contributed by atoms with E-state index in [2.05, 4.69) is 27.1 Å². The summed E-state index contributed by atoms with van der Waals surface area (Å²) in [5, 5.41) is 15.2. The Morgan fingerprint density at radius 2 is 2.38 bits per heavy atom. The van der Waals surface area contributed by atoms with E-state index < -0.39 is 0 Å². The van der Waals surface area contributed by atoms with Gasteiger partial charge in [0.25, 0.3) is 5.17 Å². The van der Waals surface area contributed by atoms with E-state index in [0.717, 1.165) is 15.9 Å². The first kappa shape index (κ1) is 8.33. The summed E-state index contributed by atoms with van der Waals surface area (Å²) in [5.74, 6) is 0. The molecule has 6 heteroatoms. The largest absolute Gasteiger partial charge is 0.486 e. The predicted molar refractivity (Wildman–Crippen MR) is 56.3 cm³/mol. The Morgan fingerprint density at radius 1 is 1.54 bits per heavy atom. The Balaban J connectivity index is 2.54. The Morgan fingerprint density at radius 3 is 3.15 bits per heavy atom. The van der Waals surface area contributed by atoms with Crippen LogP contribution in [-0.4, -0.2) is 19.9 Å². The first-order valence-electron chi connectivity index (χ1n) is 3.48. The molecule has 0 spiro atoms. The zero-order valence-corrected chi connectivity index (χ0v) is 8.02. The number of fused-ring (bicyclic) bond motifs is 1. The normalized spacial score (nSPS) is 10.2. The van der Waals surface area contributed by atoms with Gasteiger partial charge in [-0.05, 0) is 35.9 Å². The summed E-state index contributed by atoms with van der Waals surface area (Å²) in [6.07, 6.45) is 0. The van der Waals surface area contributed by atoms with Crippen molar-refractivity contribution in [3.8, 4) is 0 Å². The van der Waals surface area contributed by atoms with Gasteiger partial charge in [-0.1, -0.05) is 10.6 Å². The molecule has 1 aromatic carbocycles. The maximum Gasteiger partial charge on any atom is 0.258 e. The summed E-state index contributed by atoms with van der Waals surface area (Å²) < 4.78 is 4.68. The number of hydrogen-bond donors (Lipinski definition) is 2. The van der Waals surface area contributed by atoms with E-state index in [-0.39, 0.29) is 5.17 Å². The topological polar surface area (TPSA) is 58.0 Å². The van der Waals surface area contributed by atoms with Gasteiger partial charge in [0.1, 0.15) is 5.52 Å². The van der Waals surface area contributed by atoms with Gasteiger partial charge >= 0.3 is 0 Å². The Labute approximate surface area is 83.4 Å². The van der Waals surface area contributed by atoms with Gasteiger partial charge in [0, 0.05) is 0 Å². The second-order valence-corrected chi connectivity index (χ2v) is 3.50. The van der Waals surface area contributed by atoms with Crippen molar-refractivity contribution in [2.75, 3.05) is 5.32 Å². The SMILES string of the molecule is OC(=S)Nc1cccc2nnsc12. The molecule has 2 rings (SSSR count). The molecule has 0 aliphatic heterocycles.